The zero-order valence-electron chi connectivity index (χ0n) is 36.8. The smallest absolute Gasteiger partial charge is 0.187 e. The van der Waals surface area contributed by atoms with Crippen LogP contribution in [0.4, 0.5) is 0 Å². The first-order chi connectivity index (χ1) is 30.0. The summed E-state index contributed by atoms with van der Waals surface area (Å²) in [7, 11) is 0. The molecular formula is C45H72O18. The summed E-state index contributed by atoms with van der Waals surface area (Å²) >= 11 is 0. The first kappa shape index (κ1) is 47.1. The number of hydrogen-bond acceptors (Lipinski definition) is 18. The van der Waals surface area contributed by atoms with Gasteiger partial charge in [0.15, 0.2) is 24.7 Å². The summed E-state index contributed by atoms with van der Waals surface area (Å²) in [5.41, 5.74) is 1.57. The lowest BCUT2D eigenvalue weighted by Crippen LogP contribution is -2.66. The molecule has 5 aliphatic heterocycles. The Bertz CT molecular complexity index is 1620. The Morgan fingerprint density at radius 3 is 1.83 bits per heavy atom. The van der Waals surface area contributed by atoms with Gasteiger partial charge in [-0.3, -0.25) is 0 Å². The van der Waals surface area contributed by atoms with Gasteiger partial charge in [0.25, 0.3) is 0 Å². The van der Waals surface area contributed by atoms with Gasteiger partial charge in [-0.25, -0.2) is 0 Å². The zero-order valence-corrected chi connectivity index (χ0v) is 36.8. The van der Waals surface area contributed by atoms with Crippen molar-refractivity contribution in [1.82, 2.24) is 0 Å². The van der Waals surface area contributed by atoms with Crippen molar-refractivity contribution in [1.29, 1.82) is 0 Å². The molecule has 0 aromatic heterocycles. The van der Waals surface area contributed by atoms with Crippen LogP contribution >= 0.6 is 0 Å². The van der Waals surface area contributed by atoms with Gasteiger partial charge < -0.3 is 89.0 Å². The van der Waals surface area contributed by atoms with Crippen LogP contribution in [0, 0.1) is 46.3 Å². The van der Waals surface area contributed by atoms with E-state index >= 15 is 0 Å². The Balaban J connectivity index is 0.814. The van der Waals surface area contributed by atoms with E-state index in [1.54, 1.807) is 0 Å². The molecule has 0 aromatic carbocycles. The summed E-state index contributed by atoms with van der Waals surface area (Å²) < 4.78 is 48.5. The maximum Gasteiger partial charge on any atom is 0.187 e. The van der Waals surface area contributed by atoms with Crippen molar-refractivity contribution in [3.8, 4) is 0 Å². The summed E-state index contributed by atoms with van der Waals surface area (Å²) in [6.45, 7) is 8.14. The van der Waals surface area contributed by atoms with Gasteiger partial charge in [-0.2, -0.15) is 0 Å². The molecule has 26 atom stereocenters. The minimum Gasteiger partial charge on any atom is -0.394 e. The zero-order chi connectivity index (χ0) is 44.9. The van der Waals surface area contributed by atoms with E-state index in [2.05, 4.69) is 33.8 Å². The van der Waals surface area contributed by atoms with E-state index in [-0.39, 0.29) is 23.0 Å². The first-order valence-corrected chi connectivity index (χ1v) is 23.5. The molecule has 3 saturated carbocycles. The molecule has 10 N–H and O–H groups in total. The first-order valence-electron chi connectivity index (χ1n) is 23.5. The highest BCUT2D eigenvalue weighted by Gasteiger charge is 2.69. The van der Waals surface area contributed by atoms with E-state index in [0.717, 1.165) is 45.1 Å². The minimum absolute atomic E-state index is 0.00689. The molecule has 8 fully saturated rings. The molecular weight excluding hydrogens is 828 g/mol. The summed E-state index contributed by atoms with van der Waals surface area (Å²) in [6, 6.07) is 0. The average molecular weight is 901 g/mol. The molecule has 5 heterocycles. The molecule has 360 valence electrons. The Morgan fingerprint density at radius 1 is 0.651 bits per heavy atom. The number of aliphatic hydroxyl groups is 10. The highest BCUT2D eigenvalue weighted by molar-refractivity contribution is 5.26. The molecule has 0 bridgehead atoms. The van der Waals surface area contributed by atoms with Crippen LogP contribution in [0.15, 0.2) is 11.6 Å². The molecule has 1 spiro atoms. The molecule has 0 aromatic rings. The van der Waals surface area contributed by atoms with E-state index in [0.29, 0.717) is 48.3 Å². The lowest BCUT2D eigenvalue weighted by molar-refractivity contribution is -0.381. The van der Waals surface area contributed by atoms with Crippen LogP contribution in [0.2, 0.25) is 0 Å². The van der Waals surface area contributed by atoms with Crippen molar-refractivity contribution in [3.63, 3.8) is 0 Å². The Hall–Kier alpha value is -0.980. The van der Waals surface area contributed by atoms with Gasteiger partial charge in [-0.15, -0.1) is 0 Å². The van der Waals surface area contributed by atoms with Gasteiger partial charge in [-0.05, 0) is 91.8 Å². The van der Waals surface area contributed by atoms with Gasteiger partial charge >= 0.3 is 0 Å². The van der Waals surface area contributed by atoms with E-state index in [1.165, 1.54) is 12.0 Å². The fourth-order valence-corrected chi connectivity index (χ4v) is 14.1. The van der Waals surface area contributed by atoms with Crippen molar-refractivity contribution in [2.75, 3.05) is 26.4 Å². The van der Waals surface area contributed by atoms with Crippen LogP contribution in [-0.4, -0.2) is 188 Å². The second-order valence-electron chi connectivity index (χ2n) is 21.1. The number of fused-ring (bicyclic) bond motifs is 7. The van der Waals surface area contributed by atoms with Crippen LogP contribution in [0.25, 0.3) is 0 Å². The monoisotopic (exact) mass is 900 g/mol. The van der Waals surface area contributed by atoms with Crippen LogP contribution in [0.3, 0.4) is 0 Å². The van der Waals surface area contributed by atoms with Gasteiger partial charge in [0.1, 0.15) is 73.2 Å². The molecule has 18 nitrogen and oxygen atoms in total. The van der Waals surface area contributed by atoms with E-state index in [1.807, 2.05) is 0 Å². The highest BCUT2D eigenvalue weighted by atomic mass is 16.8. The van der Waals surface area contributed by atoms with Gasteiger partial charge in [0, 0.05) is 12.3 Å². The Labute approximate surface area is 368 Å². The van der Waals surface area contributed by atoms with Crippen LogP contribution in [-0.2, 0) is 37.9 Å². The maximum atomic E-state index is 11.4. The van der Waals surface area contributed by atoms with E-state index in [9.17, 15) is 51.1 Å². The average Bonchev–Trinajstić information content (AvgIpc) is 3.72. The lowest BCUT2D eigenvalue weighted by Gasteiger charge is -2.58. The Kier molecular flexibility index (Phi) is 13.3. The summed E-state index contributed by atoms with van der Waals surface area (Å²) in [5, 5.41) is 106. The van der Waals surface area contributed by atoms with Gasteiger partial charge in [0.05, 0.1) is 38.6 Å². The summed E-state index contributed by atoms with van der Waals surface area (Å²) in [4.78, 5) is 0. The summed E-state index contributed by atoms with van der Waals surface area (Å²) in [6.07, 6.45) is -13.1. The number of ether oxygens (including phenoxy) is 8. The second-order valence-corrected chi connectivity index (χ2v) is 21.1. The molecule has 5 saturated heterocycles. The number of allylic oxidation sites excluding steroid dienone is 1. The standard InChI is InChI=1S/C45H72O18/c1-19-7-12-45(56-18-19)20(2)30-26(63-45)14-25-23-6-5-21-13-22(8-10-43(21,3)24(23)9-11-44(25,30)4)57-40-36(54)33(51)38(28(16-47)59-40)62-42-37(55)34(52)39(29(17-48)60-42)61-41-35(53)32(50)31(49)27(15-46)58-41/h5,19-20,22-42,46-55H,6-18H2,1-4H3/t19-,20+,22+,23-,24+,25+,26+,27-,28-,29-,30+,31-,32+,33-,34-,35-,36-,37-,38-,39-,40-,41+,42+,43+,44+,45-/m1/s1. The molecule has 0 amide bonds. The van der Waals surface area contributed by atoms with Crippen molar-refractivity contribution < 1.29 is 89.0 Å². The molecule has 0 unspecified atom stereocenters. The number of rotatable bonds is 9. The fraction of sp³-hybridized carbons (Fsp3) is 0.956. The number of aliphatic hydroxyl groups excluding tert-OH is 10. The van der Waals surface area contributed by atoms with Crippen LogP contribution < -0.4 is 0 Å². The van der Waals surface area contributed by atoms with E-state index in [4.69, 9.17) is 37.9 Å². The lowest BCUT2D eigenvalue weighted by atomic mass is 9.47. The molecule has 4 aliphatic carbocycles. The third-order valence-corrected chi connectivity index (χ3v) is 17.7. The predicted molar refractivity (Wildman–Crippen MR) is 216 cm³/mol. The van der Waals surface area contributed by atoms with E-state index < -0.39 is 118 Å². The van der Waals surface area contributed by atoms with Crippen molar-refractivity contribution >= 4 is 0 Å². The van der Waals surface area contributed by atoms with Crippen molar-refractivity contribution in [2.45, 2.75) is 196 Å². The van der Waals surface area contributed by atoms with Crippen LogP contribution in [0.1, 0.15) is 85.5 Å². The van der Waals surface area contributed by atoms with Gasteiger partial charge in [0.2, 0.25) is 0 Å². The molecule has 18 heteroatoms. The maximum absolute atomic E-state index is 11.4. The molecule has 9 aliphatic rings. The molecule has 9 rings (SSSR count). The highest BCUT2D eigenvalue weighted by Crippen LogP contribution is 2.70. The van der Waals surface area contributed by atoms with Crippen LogP contribution in [0.5, 0.6) is 0 Å². The largest absolute Gasteiger partial charge is 0.394 e. The molecule has 0 radical (unpaired) electrons. The third kappa shape index (κ3) is 7.81. The normalized spacial score (nSPS) is 56.9. The topological polar surface area (TPSA) is 276 Å². The predicted octanol–water partition coefficient (Wildman–Crippen LogP) is -0.813. The second kappa shape index (κ2) is 17.8. The molecule has 63 heavy (non-hydrogen) atoms. The van der Waals surface area contributed by atoms with Crippen molar-refractivity contribution in [2.24, 2.45) is 46.3 Å². The fourth-order valence-electron chi connectivity index (χ4n) is 14.1. The minimum atomic E-state index is -1.91. The Morgan fingerprint density at radius 2 is 1.24 bits per heavy atom. The SMILES string of the molecule is C[C@@H]1CC[C@@]2(OC1)O[C@H]1C[C@H]3[C@@H]4CC=C5C[C@@H](O[C@@H]6O[C@H](CO)[C@@H](O[C@@H]7O[C@H](CO)[C@@H](O[C@@H]8O[C@H](CO)[C@@H](O)[C@H](O)[C@H]8O)[C@H](O)[C@H]7O)[C@H](O)[C@H]6O)CC[C@]5(C)[C@H]4CC[C@]3(C)[C@H]1[C@@H]2C. The number of hydrogen-bond donors (Lipinski definition) is 10. The van der Waals surface area contributed by atoms with Crippen molar-refractivity contribution in [3.05, 3.63) is 11.6 Å². The quantitative estimate of drug-likeness (QED) is 0.127. The summed E-state index contributed by atoms with van der Waals surface area (Å²) in [5.74, 6) is 2.69. The van der Waals surface area contributed by atoms with Gasteiger partial charge in [-0.1, -0.05) is 39.3 Å². The third-order valence-electron chi connectivity index (χ3n) is 17.7.